The van der Waals surface area contributed by atoms with Gasteiger partial charge in [-0.1, -0.05) is 30.3 Å². The standard InChI is InChI=1S/C22H22N2O3/c1-22(2,15-25)18-9-5-7-11-20(18)27-14-16-12-13-23-21(24-16)17-8-4-6-10-19(17)26-3/h4-13,15H,14H2,1-3H3. The van der Waals surface area contributed by atoms with Crippen molar-refractivity contribution in [3.05, 3.63) is 72.1 Å². The Morgan fingerprint density at radius 3 is 2.44 bits per heavy atom. The lowest BCUT2D eigenvalue weighted by atomic mass is 9.86. The fourth-order valence-electron chi connectivity index (χ4n) is 2.78. The van der Waals surface area contributed by atoms with Crippen LogP contribution in [-0.2, 0) is 16.8 Å². The second-order valence-corrected chi connectivity index (χ2v) is 6.70. The van der Waals surface area contributed by atoms with Crippen molar-refractivity contribution < 1.29 is 14.3 Å². The lowest BCUT2D eigenvalue weighted by Gasteiger charge is -2.21. The average molecular weight is 362 g/mol. The Labute approximate surface area is 159 Å². The van der Waals surface area contributed by atoms with E-state index >= 15 is 0 Å². The number of para-hydroxylation sites is 2. The van der Waals surface area contributed by atoms with Crippen LogP contribution in [0.5, 0.6) is 11.5 Å². The molecule has 0 fully saturated rings. The molecular formula is C22H22N2O3. The maximum Gasteiger partial charge on any atom is 0.163 e. The quantitative estimate of drug-likeness (QED) is 0.589. The van der Waals surface area contributed by atoms with E-state index in [2.05, 4.69) is 9.97 Å². The summed E-state index contributed by atoms with van der Waals surface area (Å²) in [5.74, 6) is 1.97. The van der Waals surface area contributed by atoms with E-state index in [1.165, 1.54) is 0 Å². The number of rotatable bonds is 7. The zero-order chi connectivity index (χ0) is 19.3. The SMILES string of the molecule is COc1ccccc1-c1nccc(COc2ccccc2C(C)(C)C=O)n1. The first-order valence-corrected chi connectivity index (χ1v) is 8.69. The summed E-state index contributed by atoms with van der Waals surface area (Å²) in [6.07, 6.45) is 2.63. The third kappa shape index (κ3) is 4.14. The molecule has 0 atom stereocenters. The molecule has 0 aliphatic rings. The number of aromatic nitrogens is 2. The lowest BCUT2D eigenvalue weighted by molar-refractivity contribution is -0.111. The van der Waals surface area contributed by atoms with Crippen LogP contribution >= 0.6 is 0 Å². The van der Waals surface area contributed by atoms with Gasteiger partial charge in [0.05, 0.1) is 18.4 Å². The molecule has 0 spiro atoms. The Kier molecular flexibility index (Phi) is 5.50. The summed E-state index contributed by atoms with van der Waals surface area (Å²) in [4.78, 5) is 20.4. The molecule has 5 heteroatoms. The van der Waals surface area contributed by atoms with Crippen LogP contribution in [0.15, 0.2) is 60.8 Å². The van der Waals surface area contributed by atoms with Gasteiger partial charge >= 0.3 is 0 Å². The molecule has 5 nitrogen and oxygen atoms in total. The fourth-order valence-corrected chi connectivity index (χ4v) is 2.78. The van der Waals surface area contributed by atoms with Gasteiger partial charge in [-0.2, -0.15) is 0 Å². The minimum absolute atomic E-state index is 0.274. The van der Waals surface area contributed by atoms with Gasteiger partial charge in [0, 0.05) is 17.2 Å². The van der Waals surface area contributed by atoms with Crippen LogP contribution in [0.4, 0.5) is 0 Å². The van der Waals surface area contributed by atoms with E-state index in [9.17, 15) is 4.79 Å². The van der Waals surface area contributed by atoms with E-state index in [1.807, 2.05) is 68.4 Å². The molecular weight excluding hydrogens is 340 g/mol. The van der Waals surface area contributed by atoms with Crippen molar-refractivity contribution in [2.45, 2.75) is 25.9 Å². The molecule has 0 aliphatic heterocycles. The lowest BCUT2D eigenvalue weighted by Crippen LogP contribution is -2.20. The van der Waals surface area contributed by atoms with Crippen LogP contribution < -0.4 is 9.47 Å². The molecule has 0 saturated heterocycles. The van der Waals surface area contributed by atoms with Crippen LogP contribution in [0.2, 0.25) is 0 Å². The molecule has 1 heterocycles. The van der Waals surface area contributed by atoms with E-state index in [0.29, 0.717) is 17.3 Å². The van der Waals surface area contributed by atoms with Crippen molar-refractivity contribution in [1.82, 2.24) is 9.97 Å². The molecule has 0 unspecified atom stereocenters. The molecule has 0 bridgehead atoms. The Morgan fingerprint density at radius 1 is 1.00 bits per heavy atom. The van der Waals surface area contributed by atoms with Gasteiger partial charge < -0.3 is 14.3 Å². The van der Waals surface area contributed by atoms with Crippen molar-refractivity contribution in [2.75, 3.05) is 7.11 Å². The molecule has 0 N–H and O–H groups in total. The number of benzene rings is 2. The number of methoxy groups -OCH3 is 1. The number of ether oxygens (including phenoxy) is 2. The largest absolute Gasteiger partial charge is 0.496 e. The third-order valence-electron chi connectivity index (χ3n) is 4.31. The number of hydrogen-bond acceptors (Lipinski definition) is 5. The zero-order valence-corrected chi connectivity index (χ0v) is 15.7. The first-order valence-electron chi connectivity index (χ1n) is 8.69. The highest BCUT2D eigenvalue weighted by molar-refractivity contribution is 5.69. The summed E-state index contributed by atoms with van der Waals surface area (Å²) in [7, 11) is 1.62. The van der Waals surface area contributed by atoms with Gasteiger partial charge in [-0.15, -0.1) is 0 Å². The summed E-state index contributed by atoms with van der Waals surface area (Å²) in [5, 5.41) is 0. The first-order chi connectivity index (χ1) is 13.0. The first kappa shape index (κ1) is 18.6. The molecule has 2 aromatic carbocycles. The van der Waals surface area contributed by atoms with Crippen molar-refractivity contribution in [2.24, 2.45) is 0 Å². The summed E-state index contributed by atoms with van der Waals surface area (Å²) in [6.45, 7) is 4.01. The molecule has 138 valence electrons. The van der Waals surface area contributed by atoms with E-state index in [0.717, 1.165) is 23.1 Å². The second kappa shape index (κ2) is 7.99. The number of carbonyl (C=O) groups excluding carboxylic acids is 1. The van der Waals surface area contributed by atoms with Gasteiger partial charge in [0.2, 0.25) is 0 Å². The molecule has 27 heavy (non-hydrogen) atoms. The summed E-state index contributed by atoms with van der Waals surface area (Å²) < 4.78 is 11.4. The zero-order valence-electron chi connectivity index (χ0n) is 15.7. The van der Waals surface area contributed by atoms with Crippen molar-refractivity contribution in [1.29, 1.82) is 0 Å². The van der Waals surface area contributed by atoms with Crippen molar-refractivity contribution >= 4 is 6.29 Å². The van der Waals surface area contributed by atoms with E-state index in [1.54, 1.807) is 13.3 Å². The highest BCUT2D eigenvalue weighted by Gasteiger charge is 2.23. The summed E-state index contributed by atoms with van der Waals surface area (Å²) in [5.41, 5.74) is 1.79. The van der Waals surface area contributed by atoms with Crippen molar-refractivity contribution in [3.63, 3.8) is 0 Å². The molecule has 3 aromatic rings. The number of aldehydes is 1. The maximum absolute atomic E-state index is 11.4. The highest BCUT2D eigenvalue weighted by atomic mass is 16.5. The van der Waals surface area contributed by atoms with Crippen LogP contribution in [0.25, 0.3) is 11.4 Å². The smallest absolute Gasteiger partial charge is 0.163 e. The number of hydrogen-bond donors (Lipinski definition) is 0. The van der Waals surface area contributed by atoms with Gasteiger partial charge in [-0.25, -0.2) is 9.97 Å². The monoisotopic (exact) mass is 362 g/mol. The maximum atomic E-state index is 11.4. The van der Waals surface area contributed by atoms with E-state index in [4.69, 9.17) is 9.47 Å². The van der Waals surface area contributed by atoms with Gasteiger partial charge in [0.25, 0.3) is 0 Å². The van der Waals surface area contributed by atoms with Crippen LogP contribution in [0, 0.1) is 0 Å². The van der Waals surface area contributed by atoms with Gasteiger partial charge in [0.15, 0.2) is 5.82 Å². The predicted octanol–water partition coefficient (Wildman–Crippen LogP) is 4.21. The molecule has 3 rings (SSSR count). The topological polar surface area (TPSA) is 61.3 Å². The molecule has 0 saturated carbocycles. The van der Waals surface area contributed by atoms with Crippen LogP contribution in [-0.4, -0.2) is 23.4 Å². The molecule has 0 radical (unpaired) electrons. The van der Waals surface area contributed by atoms with E-state index < -0.39 is 5.41 Å². The van der Waals surface area contributed by atoms with E-state index in [-0.39, 0.29) is 6.61 Å². The summed E-state index contributed by atoms with van der Waals surface area (Å²) in [6, 6.07) is 17.0. The predicted molar refractivity (Wildman–Crippen MR) is 104 cm³/mol. The molecule has 0 amide bonds. The van der Waals surface area contributed by atoms with Crippen LogP contribution in [0.1, 0.15) is 25.1 Å². The minimum Gasteiger partial charge on any atom is -0.496 e. The molecule has 1 aromatic heterocycles. The fraction of sp³-hybridized carbons (Fsp3) is 0.227. The Hall–Kier alpha value is -3.21. The second-order valence-electron chi connectivity index (χ2n) is 6.70. The molecule has 0 aliphatic carbocycles. The Bertz CT molecular complexity index is 938. The number of nitrogens with zero attached hydrogens (tertiary/aromatic N) is 2. The highest BCUT2D eigenvalue weighted by Crippen LogP contribution is 2.31. The minimum atomic E-state index is -0.620. The average Bonchev–Trinajstić information content (AvgIpc) is 2.72. The van der Waals surface area contributed by atoms with Gasteiger partial charge in [-0.3, -0.25) is 0 Å². The third-order valence-corrected chi connectivity index (χ3v) is 4.31. The van der Waals surface area contributed by atoms with Gasteiger partial charge in [0.1, 0.15) is 24.4 Å². The van der Waals surface area contributed by atoms with Gasteiger partial charge in [-0.05, 0) is 38.1 Å². The summed E-state index contributed by atoms with van der Waals surface area (Å²) >= 11 is 0. The van der Waals surface area contributed by atoms with Crippen molar-refractivity contribution in [3.8, 4) is 22.9 Å². The normalized spacial score (nSPS) is 11.1. The Morgan fingerprint density at radius 2 is 1.70 bits per heavy atom. The number of carbonyl (C=O) groups is 1. The Balaban J connectivity index is 1.84. The van der Waals surface area contributed by atoms with Crippen LogP contribution in [0.3, 0.4) is 0 Å².